The lowest BCUT2D eigenvalue weighted by Gasteiger charge is -2.33. The summed E-state index contributed by atoms with van der Waals surface area (Å²) in [4.78, 5) is 31.2. The Hall–Kier alpha value is -17.5. The molecule has 0 radical (unpaired) electrons. The Morgan fingerprint density at radius 2 is 0.595 bits per heavy atom. The average molecular weight is 1680 g/mol. The number of para-hydroxylation sites is 10. The van der Waals surface area contributed by atoms with Crippen molar-refractivity contribution in [3.05, 3.63) is 437 Å². The number of furan rings is 4. The van der Waals surface area contributed by atoms with E-state index in [-0.39, 0.29) is 20.1 Å². The molecule has 0 bridgehead atoms. The first-order valence-electron chi connectivity index (χ1n) is 44.1. The van der Waals surface area contributed by atoms with E-state index >= 15 is 0 Å². The van der Waals surface area contributed by atoms with Crippen molar-refractivity contribution in [3.8, 4) is 28.5 Å². The van der Waals surface area contributed by atoms with Gasteiger partial charge in [0.15, 0.2) is 5.82 Å². The number of benzene rings is 15. The molecule has 13 heterocycles. The minimum atomic E-state index is -0.159. The molecule has 0 spiro atoms. The van der Waals surface area contributed by atoms with Crippen molar-refractivity contribution in [1.82, 2.24) is 38.6 Å². The van der Waals surface area contributed by atoms with E-state index < -0.39 is 0 Å². The number of anilines is 9. The van der Waals surface area contributed by atoms with Crippen molar-refractivity contribution in [2.24, 2.45) is 0 Å². The van der Waals surface area contributed by atoms with Crippen LogP contribution in [0.2, 0.25) is 0 Å². The van der Waals surface area contributed by atoms with E-state index in [1.54, 1.807) is 6.20 Å². The molecule has 18 heteroatoms. The van der Waals surface area contributed by atoms with Gasteiger partial charge >= 0.3 is 20.1 Å². The second-order valence-corrected chi connectivity index (χ2v) is 33.3. The van der Waals surface area contributed by atoms with Crippen molar-refractivity contribution < 1.29 is 17.7 Å². The molecule has 0 N–H and O–H groups in total. The van der Waals surface area contributed by atoms with Crippen LogP contribution >= 0.6 is 0 Å². The topological polar surface area (TPSA) is 142 Å². The molecule has 0 amide bonds. The first kappa shape index (κ1) is 74.9. The van der Waals surface area contributed by atoms with Crippen LogP contribution in [0.15, 0.2) is 455 Å². The molecular weight excluding hydrogens is 1610 g/mol. The van der Waals surface area contributed by atoms with Crippen LogP contribution in [0.1, 0.15) is 0 Å². The molecule has 612 valence electrons. The van der Waals surface area contributed by atoms with Crippen LogP contribution in [0.25, 0.3) is 127 Å². The third-order valence-electron chi connectivity index (χ3n) is 25.9. The highest BCUT2D eigenvalue weighted by Gasteiger charge is 2.49. The van der Waals surface area contributed by atoms with E-state index in [9.17, 15) is 0 Å². The summed E-state index contributed by atoms with van der Waals surface area (Å²) in [5, 5.41) is 9.65. The molecule has 10 aromatic heterocycles. The van der Waals surface area contributed by atoms with E-state index in [1.165, 1.54) is 21.9 Å². The minimum Gasteiger partial charge on any atom is -0.468 e. The maximum Gasteiger partial charge on any atom is 0.313 e. The predicted molar refractivity (Wildman–Crippen MR) is 536 cm³/mol. The van der Waals surface area contributed by atoms with Gasteiger partial charge in [-0.15, -0.1) is 0 Å². The summed E-state index contributed by atoms with van der Waals surface area (Å²) in [6.07, 6.45) is 9.44. The second-order valence-electron chi connectivity index (χ2n) is 33.3. The number of hydrogen-bond donors (Lipinski definition) is 0. The van der Waals surface area contributed by atoms with Gasteiger partial charge in [-0.25, -0.2) is 19.9 Å². The second kappa shape index (κ2) is 30.7. The number of rotatable bonds is 10. The molecule has 15 nitrogen and oxygen atoms in total. The standard InChI is InChI=1S/C39H24BN3O2.C38H25BN4O.C36H23BN4O/c1-3-11-25(12-4-1)40-38-36(28-15-7-9-17-32(28)42(38)26-13-5-2-6-14-26)43(37-29-16-8-10-18-33(29)45-39(37)40)27-19-20-34-30(23-27)31-24-41-22-21-35(31)44-34;1-4-14-26(15-5-1)38-40-24-29(25-41-38)43-34-30-20-10-12-22-32(30)42(28-18-8-3-9-19-28)36(34)39(27-16-6-2-7-17-27)37-35(43)31-21-11-13-23-33(31)44-37;1-3-14-25(15-4-1)37-34-32(27-18-8-11-21-30(27)40(34)26-16-5-2-6-17-26)41(33-28-19-9-12-22-31(28)42-35(33)37)36-38-23-24-13-7-10-20-29(24)39-36/h1-24H;1-25H;1-23H. The summed E-state index contributed by atoms with van der Waals surface area (Å²) in [6.45, 7) is -0.454. The summed E-state index contributed by atoms with van der Waals surface area (Å²) in [5.41, 5.74) is 30.8. The maximum absolute atomic E-state index is 6.91. The molecule has 25 aromatic rings. The number of hydrogen-bond acceptors (Lipinski definition) is 12. The Bertz CT molecular complexity index is 8730. The Balaban J connectivity index is 0.000000103. The number of pyridine rings is 1. The molecular formula is C113H72B3N11O4. The summed E-state index contributed by atoms with van der Waals surface area (Å²) in [5.74, 6) is 1.31. The zero-order chi connectivity index (χ0) is 86.1. The van der Waals surface area contributed by atoms with Gasteiger partial charge in [0, 0.05) is 112 Å². The zero-order valence-electron chi connectivity index (χ0n) is 70.4. The third kappa shape index (κ3) is 12.0. The van der Waals surface area contributed by atoms with Crippen molar-refractivity contribution in [3.63, 3.8) is 0 Å². The smallest absolute Gasteiger partial charge is 0.313 e. The minimum absolute atomic E-state index is 0.143. The molecule has 0 fully saturated rings. The van der Waals surface area contributed by atoms with Gasteiger partial charge in [0.25, 0.3) is 0 Å². The Morgan fingerprint density at radius 1 is 0.237 bits per heavy atom. The molecule has 0 atom stereocenters. The number of nitrogens with zero attached hydrogens (tertiary/aromatic N) is 11. The van der Waals surface area contributed by atoms with Gasteiger partial charge in [0.1, 0.15) is 44.9 Å². The van der Waals surface area contributed by atoms with E-state index in [2.05, 4.69) is 355 Å². The summed E-state index contributed by atoms with van der Waals surface area (Å²) >= 11 is 0. The van der Waals surface area contributed by atoms with Gasteiger partial charge in [0.2, 0.25) is 5.95 Å². The van der Waals surface area contributed by atoms with Crippen molar-refractivity contribution >= 4 is 220 Å². The SMILES string of the molecule is c1ccc(B2c3oc4ccccc4c3N(c3ccc4oc5ccncc5c4c3)c3c2n(-c2ccccc2)c2ccccc32)cc1.c1ccc(B2c3oc4ccccc4c3N(c3cnc(-c4ccccc4)nc3)c3c2n(-c2ccccc2)c2ccccc32)cc1.c1ccc(B2c3oc4ccccc4c3N(c3ncc4ccccc4n3)c3c2n(-c2ccccc2)c2ccccc32)cc1. The number of fused-ring (bicyclic) bond motifs is 22. The van der Waals surface area contributed by atoms with Gasteiger partial charge in [-0.2, -0.15) is 0 Å². The molecule has 0 unspecified atom stereocenters. The van der Waals surface area contributed by atoms with E-state index in [0.717, 1.165) is 195 Å². The largest absolute Gasteiger partial charge is 0.468 e. The van der Waals surface area contributed by atoms with Gasteiger partial charge in [-0.05, 0) is 121 Å². The highest BCUT2D eigenvalue weighted by atomic mass is 16.3. The molecule has 15 aromatic carbocycles. The lowest BCUT2D eigenvalue weighted by atomic mass is 9.39. The van der Waals surface area contributed by atoms with Crippen LogP contribution in [-0.4, -0.2) is 58.8 Å². The Kier molecular flexibility index (Phi) is 17.5. The average Bonchev–Trinajstić information content (AvgIpc) is 1.54. The van der Waals surface area contributed by atoms with Crippen LogP contribution < -0.4 is 64.8 Å². The normalized spacial score (nSPS) is 12.6. The molecule has 131 heavy (non-hydrogen) atoms. The summed E-state index contributed by atoms with van der Waals surface area (Å²) in [7, 11) is 0. The highest BCUT2D eigenvalue weighted by molar-refractivity contribution is 6.99. The van der Waals surface area contributed by atoms with E-state index in [1.807, 2.05) is 110 Å². The van der Waals surface area contributed by atoms with Crippen molar-refractivity contribution in [2.75, 3.05) is 14.7 Å². The molecule has 0 saturated heterocycles. The van der Waals surface area contributed by atoms with Gasteiger partial charge in [0.05, 0.1) is 74.3 Å². The van der Waals surface area contributed by atoms with Gasteiger partial charge < -0.3 is 41.2 Å². The quantitative estimate of drug-likeness (QED) is 0.120. The Morgan fingerprint density at radius 3 is 1.05 bits per heavy atom. The van der Waals surface area contributed by atoms with E-state index in [4.69, 9.17) is 37.6 Å². The van der Waals surface area contributed by atoms with Crippen molar-refractivity contribution in [2.45, 2.75) is 0 Å². The van der Waals surface area contributed by atoms with Crippen LogP contribution in [0.4, 0.5) is 51.4 Å². The van der Waals surface area contributed by atoms with Crippen molar-refractivity contribution in [1.29, 1.82) is 0 Å². The fourth-order valence-corrected chi connectivity index (χ4v) is 20.5. The third-order valence-corrected chi connectivity index (χ3v) is 25.9. The molecule has 3 aliphatic rings. The molecule has 0 aliphatic carbocycles. The Labute approximate surface area is 752 Å². The zero-order valence-corrected chi connectivity index (χ0v) is 70.4. The van der Waals surface area contributed by atoms with Gasteiger partial charge in [-0.3, -0.25) is 9.88 Å². The fourth-order valence-electron chi connectivity index (χ4n) is 20.5. The summed E-state index contributed by atoms with van der Waals surface area (Å²) < 4.78 is 34.0. The van der Waals surface area contributed by atoms with Crippen LogP contribution in [-0.2, 0) is 0 Å². The lowest BCUT2D eigenvalue weighted by Crippen LogP contribution is -2.58. The molecule has 3 aliphatic heterocycles. The molecule has 28 rings (SSSR count). The summed E-state index contributed by atoms with van der Waals surface area (Å²) in [6, 6.07) is 141. The first-order chi connectivity index (χ1) is 65.1. The number of aromatic nitrogens is 8. The van der Waals surface area contributed by atoms with Gasteiger partial charge in [-0.1, -0.05) is 302 Å². The fraction of sp³-hybridized carbons (Fsp3) is 0. The molecule has 0 saturated carbocycles. The lowest BCUT2D eigenvalue weighted by molar-refractivity contribution is 0.650. The highest BCUT2D eigenvalue weighted by Crippen LogP contribution is 2.51. The maximum atomic E-state index is 6.91. The van der Waals surface area contributed by atoms with E-state index in [0.29, 0.717) is 11.8 Å². The van der Waals surface area contributed by atoms with Crippen LogP contribution in [0.3, 0.4) is 0 Å². The van der Waals surface area contributed by atoms with Crippen LogP contribution in [0.5, 0.6) is 0 Å². The monoisotopic (exact) mass is 1680 g/mol. The predicted octanol–water partition coefficient (Wildman–Crippen LogP) is 21.7. The first-order valence-corrected chi connectivity index (χ1v) is 44.1. The van der Waals surface area contributed by atoms with Crippen LogP contribution in [0, 0.1) is 0 Å².